The highest BCUT2D eigenvalue weighted by atomic mass is 16.5. The molecule has 0 aromatic carbocycles. The first-order valence-electron chi connectivity index (χ1n) is 7.22. The van der Waals surface area contributed by atoms with Gasteiger partial charge in [0, 0.05) is 26.2 Å². The molecule has 2 fully saturated rings. The number of aryl methyl sites for hydroxylation is 2. The Morgan fingerprint density at radius 1 is 1.55 bits per heavy atom. The second-order valence-corrected chi connectivity index (χ2v) is 5.67. The van der Waals surface area contributed by atoms with Gasteiger partial charge in [-0.1, -0.05) is 0 Å². The molecule has 0 bridgehead atoms. The van der Waals surface area contributed by atoms with Crippen molar-refractivity contribution >= 4 is 5.82 Å². The van der Waals surface area contributed by atoms with E-state index in [0.29, 0.717) is 11.6 Å². The number of ether oxygens (including phenoxy) is 1. The Bertz CT molecular complexity index is 532. The smallest absolute Gasteiger partial charge is 0.142 e. The van der Waals surface area contributed by atoms with Crippen molar-refractivity contribution in [1.29, 1.82) is 5.26 Å². The van der Waals surface area contributed by atoms with Gasteiger partial charge in [-0.2, -0.15) is 10.4 Å². The molecule has 2 unspecified atom stereocenters. The summed E-state index contributed by atoms with van der Waals surface area (Å²) in [7, 11) is 1.86. The summed E-state index contributed by atoms with van der Waals surface area (Å²) in [6.45, 7) is 5.59. The van der Waals surface area contributed by atoms with Crippen LogP contribution in [0.25, 0.3) is 0 Å². The van der Waals surface area contributed by atoms with Gasteiger partial charge < -0.3 is 10.1 Å². The van der Waals surface area contributed by atoms with Crippen LogP contribution in [-0.2, 0) is 11.8 Å². The Morgan fingerprint density at radius 3 is 3.20 bits per heavy atom. The predicted octanol–water partition coefficient (Wildman–Crippen LogP) is 0.875. The number of rotatable bonds is 3. The third-order valence-electron chi connectivity index (χ3n) is 4.29. The monoisotopic (exact) mass is 275 g/mol. The van der Waals surface area contributed by atoms with Gasteiger partial charge in [-0.25, -0.2) is 0 Å². The summed E-state index contributed by atoms with van der Waals surface area (Å²) in [4.78, 5) is 2.52. The summed E-state index contributed by atoms with van der Waals surface area (Å²) >= 11 is 0. The van der Waals surface area contributed by atoms with Gasteiger partial charge in [0.2, 0.25) is 0 Å². The maximum atomic E-state index is 9.19. The highest BCUT2D eigenvalue weighted by Crippen LogP contribution is 2.23. The van der Waals surface area contributed by atoms with Crippen molar-refractivity contribution in [2.45, 2.75) is 31.9 Å². The molecule has 3 rings (SSSR count). The minimum atomic E-state index is 0.186. The Hall–Kier alpha value is -1.58. The molecule has 0 amide bonds. The SMILES string of the molecule is Cc1nn(C)c(NCC2CN3CCCC3CO2)c1C#N. The third kappa shape index (κ3) is 2.39. The van der Waals surface area contributed by atoms with Crippen molar-refractivity contribution in [3.63, 3.8) is 0 Å². The van der Waals surface area contributed by atoms with Crippen LogP contribution in [0, 0.1) is 18.3 Å². The van der Waals surface area contributed by atoms with Gasteiger partial charge in [0.1, 0.15) is 17.5 Å². The third-order valence-corrected chi connectivity index (χ3v) is 4.29. The lowest BCUT2D eigenvalue weighted by Gasteiger charge is -2.35. The minimum absolute atomic E-state index is 0.186. The summed E-state index contributed by atoms with van der Waals surface area (Å²) in [5, 5.41) is 16.8. The molecule has 2 saturated heterocycles. The van der Waals surface area contributed by atoms with Crippen LogP contribution in [0.4, 0.5) is 5.82 Å². The van der Waals surface area contributed by atoms with Gasteiger partial charge >= 0.3 is 0 Å². The molecular formula is C14H21N5O. The zero-order chi connectivity index (χ0) is 14.1. The lowest BCUT2D eigenvalue weighted by atomic mass is 10.2. The molecular weight excluding hydrogens is 254 g/mol. The number of anilines is 1. The van der Waals surface area contributed by atoms with Crippen LogP contribution >= 0.6 is 0 Å². The molecule has 1 aromatic rings. The van der Waals surface area contributed by atoms with Crippen LogP contribution < -0.4 is 5.32 Å². The van der Waals surface area contributed by atoms with E-state index in [0.717, 1.165) is 31.2 Å². The van der Waals surface area contributed by atoms with E-state index in [1.54, 1.807) is 4.68 Å². The molecule has 6 nitrogen and oxygen atoms in total. The number of nitrogens with one attached hydrogen (secondary N) is 1. The van der Waals surface area contributed by atoms with Gasteiger partial charge in [0.25, 0.3) is 0 Å². The average Bonchev–Trinajstić information content (AvgIpc) is 2.99. The summed E-state index contributed by atoms with van der Waals surface area (Å²) < 4.78 is 7.65. The number of morpholine rings is 1. The number of fused-ring (bicyclic) bond motifs is 1. The molecule has 0 aliphatic carbocycles. The normalized spacial score (nSPS) is 26.2. The van der Waals surface area contributed by atoms with Crippen LogP contribution in [-0.4, -0.2) is 53.1 Å². The van der Waals surface area contributed by atoms with Crippen molar-refractivity contribution < 1.29 is 4.74 Å². The fourth-order valence-corrected chi connectivity index (χ4v) is 3.21. The molecule has 20 heavy (non-hydrogen) atoms. The Morgan fingerprint density at radius 2 is 2.40 bits per heavy atom. The fraction of sp³-hybridized carbons (Fsp3) is 0.714. The van der Waals surface area contributed by atoms with E-state index in [-0.39, 0.29) is 6.10 Å². The van der Waals surface area contributed by atoms with Gasteiger partial charge in [-0.3, -0.25) is 9.58 Å². The lowest BCUT2D eigenvalue weighted by Crippen LogP contribution is -2.48. The summed E-state index contributed by atoms with van der Waals surface area (Å²) in [5.74, 6) is 0.789. The van der Waals surface area contributed by atoms with Crippen LogP contribution in [0.15, 0.2) is 0 Å². The van der Waals surface area contributed by atoms with Gasteiger partial charge in [0.15, 0.2) is 0 Å². The quantitative estimate of drug-likeness (QED) is 0.887. The molecule has 2 aliphatic rings. The number of hydrogen-bond donors (Lipinski definition) is 1. The number of nitriles is 1. The zero-order valence-electron chi connectivity index (χ0n) is 12.1. The van der Waals surface area contributed by atoms with Crippen molar-refractivity contribution in [3.8, 4) is 6.07 Å². The van der Waals surface area contributed by atoms with Crippen molar-refractivity contribution in [2.24, 2.45) is 7.05 Å². The molecule has 2 atom stereocenters. The van der Waals surface area contributed by atoms with Gasteiger partial charge in [-0.15, -0.1) is 0 Å². The highest BCUT2D eigenvalue weighted by Gasteiger charge is 2.32. The van der Waals surface area contributed by atoms with Crippen molar-refractivity contribution in [1.82, 2.24) is 14.7 Å². The Balaban J connectivity index is 1.61. The van der Waals surface area contributed by atoms with E-state index in [2.05, 4.69) is 21.4 Å². The van der Waals surface area contributed by atoms with Crippen LogP contribution in [0.2, 0.25) is 0 Å². The Kier molecular flexibility index (Phi) is 3.64. The summed E-state index contributed by atoms with van der Waals surface area (Å²) in [6.07, 6.45) is 2.74. The first-order chi connectivity index (χ1) is 9.69. The molecule has 3 heterocycles. The molecule has 2 aliphatic heterocycles. The average molecular weight is 275 g/mol. The molecule has 0 spiro atoms. The maximum Gasteiger partial charge on any atom is 0.142 e. The number of aromatic nitrogens is 2. The molecule has 108 valence electrons. The van der Waals surface area contributed by atoms with E-state index >= 15 is 0 Å². The topological polar surface area (TPSA) is 66.1 Å². The standard InChI is InChI=1S/C14H21N5O/c1-10-13(6-15)14(18(2)17-10)16-7-12-8-19-5-3-4-11(19)9-20-12/h11-12,16H,3-5,7-9H2,1-2H3. The summed E-state index contributed by atoms with van der Waals surface area (Å²) in [5.41, 5.74) is 1.39. The van der Waals surface area contributed by atoms with E-state index < -0.39 is 0 Å². The predicted molar refractivity (Wildman–Crippen MR) is 75.5 cm³/mol. The molecule has 1 N–H and O–H groups in total. The molecule has 6 heteroatoms. The molecule has 0 saturated carbocycles. The van der Waals surface area contributed by atoms with E-state index in [9.17, 15) is 5.26 Å². The highest BCUT2D eigenvalue weighted by molar-refractivity contribution is 5.55. The van der Waals surface area contributed by atoms with E-state index in [1.807, 2.05) is 14.0 Å². The number of hydrogen-bond acceptors (Lipinski definition) is 5. The van der Waals surface area contributed by atoms with Crippen LogP contribution in [0.1, 0.15) is 24.1 Å². The first kappa shape index (κ1) is 13.4. The Labute approximate surface area is 119 Å². The summed E-state index contributed by atoms with van der Waals surface area (Å²) in [6, 6.07) is 2.84. The van der Waals surface area contributed by atoms with Crippen molar-refractivity contribution in [2.75, 3.05) is 31.6 Å². The van der Waals surface area contributed by atoms with Crippen LogP contribution in [0.3, 0.4) is 0 Å². The molecule has 0 radical (unpaired) electrons. The van der Waals surface area contributed by atoms with E-state index in [4.69, 9.17) is 4.74 Å². The minimum Gasteiger partial charge on any atom is -0.373 e. The largest absolute Gasteiger partial charge is 0.373 e. The van der Waals surface area contributed by atoms with Gasteiger partial charge in [-0.05, 0) is 26.3 Å². The number of nitrogens with zero attached hydrogens (tertiary/aromatic N) is 4. The van der Waals surface area contributed by atoms with E-state index in [1.165, 1.54) is 19.4 Å². The van der Waals surface area contributed by atoms with Crippen LogP contribution in [0.5, 0.6) is 0 Å². The second-order valence-electron chi connectivity index (χ2n) is 5.67. The second kappa shape index (κ2) is 5.43. The zero-order valence-corrected chi connectivity index (χ0v) is 12.1. The lowest BCUT2D eigenvalue weighted by molar-refractivity contribution is -0.0416. The first-order valence-corrected chi connectivity index (χ1v) is 7.22. The molecule has 1 aromatic heterocycles. The van der Waals surface area contributed by atoms with Crippen molar-refractivity contribution in [3.05, 3.63) is 11.3 Å². The van der Waals surface area contributed by atoms with Gasteiger partial charge in [0.05, 0.1) is 18.4 Å². The maximum absolute atomic E-state index is 9.19. The fourth-order valence-electron chi connectivity index (χ4n) is 3.21.